The van der Waals surface area contributed by atoms with Gasteiger partial charge in [0.15, 0.2) is 0 Å². The third kappa shape index (κ3) is 2.66. The van der Waals surface area contributed by atoms with Crippen LogP contribution in [-0.2, 0) is 4.74 Å². The lowest BCUT2D eigenvalue weighted by molar-refractivity contribution is -0.0194. The van der Waals surface area contributed by atoms with Crippen molar-refractivity contribution in [3.63, 3.8) is 0 Å². The number of hydrogen-bond donors (Lipinski definition) is 1. The number of hydrogen-bond acceptors (Lipinski definition) is 3. The average molecular weight is 184 g/mol. The summed E-state index contributed by atoms with van der Waals surface area (Å²) in [7, 11) is 2.16. The summed E-state index contributed by atoms with van der Waals surface area (Å²) >= 11 is 0. The fourth-order valence-corrected chi connectivity index (χ4v) is 1.71. The summed E-state index contributed by atoms with van der Waals surface area (Å²) in [6, 6.07) is 0. The Morgan fingerprint density at radius 1 is 1.54 bits per heavy atom. The Labute approximate surface area is 80.4 Å². The SMILES string of the molecule is CN1CCOC(CNC2(C)CC2)C1. The molecule has 0 aromatic heterocycles. The lowest BCUT2D eigenvalue weighted by Crippen LogP contribution is -2.46. The van der Waals surface area contributed by atoms with E-state index in [1.807, 2.05) is 0 Å². The summed E-state index contributed by atoms with van der Waals surface area (Å²) in [6.45, 7) is 6.34. The minimum absolute atomic E-state index is 0.399. The van der Waals surface area contributed by atoms with E-state index in [0.717, 1.165) is 26.2 Å². The van der Waals surface area contributed by atoms with E-state index in [4.69, 9.17) is 4.74 Å². The molecule has 2 aliphatic rings. The maximum absolute atomic E-state index is 5.67. The first kappa shape index (κ1) is 9.44. The third-order valence-corrected chi connectivity index (χ3v) is 3.10. The van der Waals surface area contributed by atoms with Crippen LogP contribution in [0.4, 0.5) is 0 Å². The minimum atomic E-state index is 0.399. The number of likely N-dealkylation sites (N-methyl/N-ethyl adjacent to an activating group) is 1. The van der Waals surface area contributed by atoms with Crippen molar-refractivity contribution in [1.29, 1.82) is 0 Å². The summed E-state index contributed by atoms with van der Waals surface area (Å²) in [5.41, 5.74) is 0.444. The highest BCUT2D eigenvalue weighted by Crippen LogP contribution is 2.34. The van der Waals surface area contributed by atoms with Gasteiger partial charge in [-0.3, -0.25) is 0 Å². The van der Waals surface area contributed by atoms with Crippen molar-refractivity contribution in [2.75, 3.05) is 33.3 Å². The van der Waals surface area contributed by atoms with Crippen LogP contribution in [0.1, 0.15) is 19.8 Å². The molecule has 0 amide bonds. The van der Waals surface area contributed by atoms with Gasteiger partial charge in [-0.1, -0.05) is 0 Å². The van der Waals surface area contributed by atoms with Crippen molar-refractivity contribution in [1.82, 2.24) is 10.2 Å². The molecule has 13 heavy (non-hydrogen) atoms. The van der Waals surface area contributed by atoms with E-state index in [1.54, 1.807) is 0 Å². The molecule has 0 aromatic rings. The van der Waals surface area contributed by atoms with Crippen molar-refractivity contribution >= 4 is 0 Å². The molecule has 1 N–H and O–H groups in total. The maximum Gasteiger partial charge on any atom is 0.0826 e. The average Bonchev–Trinajstić information content (AvgIpc) is 2.82. The molecular formula is C10H20N2O. The van der Waals surface area contributed by atoms with Gasteiger partial charge >= 0.3 is 0 Å². The Balaban J connectivity index is 1.68. The largest absolute Gasteiger partial charge is 0.374 e. The number of ether oxygens (including phenoxy) is 1. The number of nitrogens with zero attached hydrogens (tertiary/aromatic N) is 1. The van der Waals surface area contributed by atoms with Crippen LogP contribution in [0.2, 0.25) is 0 Å². The molecule has 1 unspecified atom stereocenters. The fraction of sp³-hybridized carbons (Fsp3) is 1.00. The van der Waals surface area contributed by atoms with Crippen LogP contribution in [0.3, 0.4) is 0 Å². The highest BCUT2D eigenvalue weighted by atomic mass is 16.5. The van der Waals surface area contributed by atoms with Gasteiger partial charge in [0.2, 0.25) is 0 Å². The molecule has 1 aliphatic carbocycles. The predicted molar refractivity (Wildman–Crippen MR) is 52.9 cm³/mol. The van der Waals surface area contributed by atoms with Gasteiger partial charge in [0.05, 0.1) is 12.7 Å². The number of rotatable bonds is 3. The second-order valence-electron chi connectivity index (χ2n) is 4.70. The lowest BCUT2D eigenvalue weighted by Gasteiger charge is -2.31. The second-order valence-corrected chi connectivity index (χ2v) is 4.70. The van der Waals surface area contributed by atoms with Crippen molar-refractivity contribution in [3.05, 3.63) is 0 Å². The monoisotopic (exact) mass is 184 g/mol. The van der Waals surface area contributed by atoms with E-state index in [9.17, 15) is 0 Å². The van der Waals surface area contributed by atoms with Crippen LogP contribution in [0.25, 0.3) is 0 Å². The Morgan fingerprint density at radius 3 is 2.92 bits per heavy atom. The van der Waals surface area contributed by atoms with Gasteiger partial charge in [0.1, 0.15) is 0 Å². The molecule has 1 saturated heterocycles. The first-order chi connectivity index (χ1) is 6.18. The summed E-state index contributed by atoms with van der Waals surface area (Å²) in [4.78, 5) is 2.34. The molecule has 1 aliphatic heterocycles. The van der Waals surface area contributed by atoms with Gasteiger partial charge in [0, 0.05) is 25.2 Å². The molecule has 0 aromatic carbocycles. The van der Waals surface area contributed by atoms with Crippen LogP contribution < -0.4 is 5.32 Å². The highest BCUT2D eigenvalue weighted by molar-refractivity contribution is 4.98. The molecule has 1 heterocycles. The molecule has 0 bridgehead atoms. The molecule has 3 heteroatoms. The molecule has 76 valence electrons. The van der Waals surface area contributed by atoms with Gasteiger partial charge < -0.3 is 15.0 Å². The third-order valence-electron chi connectivity index (χ3n) is 3.10. The first-order valence-electron chi connectivity index (χ1n) is 5.23. The second kappa shape index (κ2) is 3.56. The summed E-state index contributed by atoms with van der Waals surface area (Å²) < 4.78 is 5.67. The van der Waals surface area contributed by atoms with Crippen LogP contribution in [0.5, 0.6) is 0 Å². The normalized spacial score (nSPS) is 33.2. The van der Waals surface area contributed by atoms with Gasteiger partial charge in [-0.15, -0.1) is 0 Å². The summed E-state index contributed by atoms with van der Waals surface area (Å²) in [5.74, 6) is 0. The zero-order valence-electron chi connectivity index (χ0n) is 8.68. The Bertz CT molecular complexity index is 180. The first-order valence-corrected chi connectivity index (χ1v) is 5.23. The fourth-order valence-electron chi connectivity index (χ4n) is 1.71. The highest BCUT2D eigenvalue weighted by Gasteiger charge is 2.37. The van der Waals surface area contributed by atoms with Crippen molar-refractivity contribution in [2.24, 2.45) is 0 Å². The summed E-state index contributed by atoms with van der Waals surface area (Å²) in [5, 5.41) is 3.57. The van der Waals surface area contributed by atoms with Crippen molar-refractivity contribution in [3.8, 4) is 0 Å². The van der Waals surface area contributed by atoms with Gasteiger partial charge in [0.25, 0.3) is 0 Å². The number of morpholine rings is 1. The predicted octanol–water partition coefficient (Wildman–Crippen LogP) is 0.459. The van der Waals surface area contributed by atoms with E-state index in [-0.39, 0.29) is 0 Å². The van der Waals surface area contributed by atoms with E-state index in [1.165, 1.54) is 12.8 Å². The van der Waals surface area contributed by atoms with Crippen LogP contribution in [0, 0.1) is 0 Å². The van der Waals surface area contributed by atoms with Crippen molar-refractivity contribution in [2.45, 2.75) is 31.4 Å². The van der Waals surface area contributed by atoms with Crippen LogP contribution in [0.15, 0.2) is 0 Å². The zero-order chi connectivity index (χ0) is 9.31. The smallest absolute Gasteiger partial charge is 0.0826 e. The molecule has 0 radical (unpaired) electrons. The minimum Gasteiger partial charge on any atom is -0.374 e. The number of nitrogens with one attached hydrogen (secondary N) is 1. The van der Waals surface area contributed by atoms with Gasteiger partial charge in [-0.2, -0.15) is 0 Å². The van der Waals surface area contributed by atoms with E-state index < -0.39 is 0 Å². The molecule has 0 spiro atoms. The van der Waals surface area contributed by atoms with E-state index in [0.29, 0.717) is 11.6 Å². The Morgan fingerprint density at radius 2 is 2.31 bits per heavy atom. The Kier molecular flexibility index (Phi) is 2.58. The Hall–Kier alpha value is -0.120. The van der Waals surface area contributed by atoms with Gasteiger partial charge in [-0.25, -0.2) is 0 Å². The van der Waals surface area contributed by atoms with Crippen molar-refractivity contribution < 1.29 is 4.74 Å². The van der Waals surface area contributed by atoms with Gasteiger partial charge in [-0.05, 0) is 26.8 Å². The molecule has 1 saturated carbocycles. The molecule has 1 atom stereocenters. The van der Waals surface area contributed by atoms with E-state index >= 15 is 0 Å². The van der Waals surface area contributed by atoms with Crippen LogP contribution in [-0.4, -0.2) is 49.8 Å². The molecule has 2 rings (SSSR count). The molecule has 2 fully saturated rings. The lowest BCUT2D eigenvalue weighted by atomic mass is 10.2. The van der Waals surface area contributed by atoms with E-state index in [2.05, 4.69) is 24.2 Å². The maximum atomic E-state index is 5.67. The molecule has 3 nitrogen and oxygen atoms in total. The zero-order valence-corrected chi connectivity index (χ0v) is 8.68. The standard InChI is InChI=1S/C10H20N2O/c1-10(3-4-10)11-7-9-8-12(2)5-6-13-9/h9,11H,3-8H2,1-2H3. The molecular weight excluding hydrogens is 164 g/mol. The van der Waals surface area contributed by atoms with Crippen LogP contribution >= 0.6 is 0 Å². The summed E-state index contributed by atoms with van der Waals surface area (Å²) in [6.07, 6.45) is 3.06. The topological polar surface area (TPSA) is 24.5 Å². The quantitative estimate of drug-likeness (QED) is 0.689.